The van der Waals surface area contributed by atoms with Gasteiger partial charge in [-0.3, -0.25) is 9.59 Å². The zero-order valence-electron chi connectivity index (χ0n) is 17.0. The minimum atomic E-state index is -0.739. The molecule has 2 aromatic rings. The Morgan fingerprint density at radius 3 is 2.41 bits per heavy atom. The second kappa shape index (κ2) is 9.37. The van der Waals surface area contributed by atoms with E-state index in [2.05, 4.69) is 15.8 Å². The fraction of sp³-hybridized carbons (Fsp3) is 0.348. The molecule has 1 aliphatic rings. The lowest BCUT2D eigenvalue weighted by Crippen LogP contribution is -2.52. The predicted molar refractivity (Wildman–Crippen MR) is 113 cm³/mol. The second-order valence-corrected chi connectivity index (χ2v) is 7.62. The highest BCUT2D eigenvalue weighted by molar-refractivity contribution is 6.04. The fourth-order valence-electron chi connectivity index (χ4n) is 3.14. The number of nitrogens with one attached hydrogen (secondary N) is 2. The van der Waals surface area contributed by atoms with Crippen LogP contribution in [0.3, 0.4) is 0 Å². The van der Waals surface area contributed by atoms with Gasteiger partial charge in [-0.05, 0) is 31.9 Å². The van der Waals surface area contributed by atoms with Gasteiger partial charge in [0.1, 0.15) is 6.04 Å². The van der Waals surface area contributed by atoms with E-state index in [4.69, 9.17) is 4.84 Å². The van der Waals surface area contributed by atoms with Crippen molar-refractivity contribution in [3.8, 4) is 0 Å². The molecule has 3 rings (SSSR count). The molecule has 1 aliphatic heterocycles. The highest BCUT2D eigenvalue weighted by Gasteiger charge is 2.32. The number of amides is 2. The van der Waals surface area contributed by atoms with E-state index in [1.165, 1.54) is 0 Å². The van der Waals surface area contributed by atoms with E-state index in [-0.39, 0.29) is 17.9 Å². The molecular weight excluding hydrogens is 366 g/mol. The lowest BCUT2D eigenvalue weighted by atomic mass is 10.0. The van der Waals surface area contributed by atoms with Crippen LogP contribution in [0.2, 0.25) is 0 Å². The van der Waals surface area contributed by atoms with Crippen LogP contribution in [0.1, 0.15) is 37.0 Å². The predicted octanol–water partition coefficient (Wildman–Crippen LogP) is 2.74. The molecule has 6 nitrogen and oxygen atoms in total. The monoisotopic (exact) mass is 393 g/mol. The van der Waals surface area contributed by atoms with Crippen LogP contribution in [0.15, 0.2) is 59.8 Å². The van der Waals surface area contributed by atoms with Crippen LogP contribution < -0.4 is 10.6 Å². The standard InChI is InChI=1S/C23H27N3O3/c1-15(2)24-22(27)20(13-17-7-5-4-6-8-17)25-23(28)21-14-19(26-29-21)18-11-9-16(3)10-12-18/h4-12,15,20-21H,13-14H2,1-3H3,(H,24,27)(H,25,28)/t20-,21+/m1/s1. The zero-order chi connectivity index (χ0) is 20.8. The number of benzene rings is 2. The Balaban J connectivity index is 1.65. The first-order valence-electron chi connectivity index (χ1n) is 9.87. The minimum absolute atomic E-state index is 0.0168. The zero-order valence-corrected chi connectivity index (χ0v) is 17.0. The number of oxime groups is 1. The SMILES string of the molecule is Cc1ccc(C2=NO[C@H](C(=O)N[C@H](Cc3ccccc3)C(=O)NC(C)C)C2)cc1. The Hall–Kier alpha value is -3.15. The molecule has 0 unspecified atom stereocenters. The van der Waals surface area contributed by atoms with Crippen LogP contribution in [-0.2, 0) is 20.8 Å². The van der Waals surface area contributed by atoms with Crippen LogP contribution in [-0.4, -0.2) is 35.7 Å². The van der Waals surface area contributed by atoms with Gasteiger partial charge < -0.3 is 15.5 Å². The summed E-state index contributed by atoms with van der Waals surface area (Å²) < 4.78 is 0. The van der Waals surface area contributed by atoms with E-state index in [9.17, 15) is 9.59 Å². The highest BCUT2D eigenvalue weighted by Crippen LogP contribution is 2.18. The number of rotatable bonds is 7. The Morgan fingerprint density at radius 2 is 1.76 bits per heavy atom. The first-order chi connectivity index (χ1) is 13.9. The average Bonchev–Trinajstić information content (AvgIpc) is 3.18. The Morgan fingerprint density at radius 1 is 1.07 bits per heavy atom. The summed E-state index contributed by atoms with van der Waals surface area (Å²) >= 11 is 0. The number of nitrogens with zero attached hydrogens (tertiary/aromatic N) is 1. The lowest BCUT2D eigenvalue weighted by Gasteiger charge is -2.21. The maximum Gasteiger partial charge on any atom is 0.265 e. The second-order valence-electron chi connectivity index (χ2n) is 7.62. The molecule has 29 heavy (non-hydrogen) atoms. The van der Waals surface area contributed by atoms with Crippen LogP contribution in [0.25, 0.3) is 0 Å². The molecular formula is C23H27N3O3. The van der Waals surface area contributed by atoms with Crippen LogP contribution >= 0.6 is 0 Å². The number of hydrogen-bond donors (Lipinski definition) is 2. The maximum atomic E-state index is 12.8. The number of carbonyl (C=O) groups is 2. The van der Waals surface area contributed by atoms with Crippen LogP contribution in [0.5, 0.6) is 0 Å². The quantitative estimate of drug-likeness (QED) is 0.759. The van der Waals surface area contributed by atoms with Crippen LogP contribution in [0.4, 0.5) is 0 Å². The number of hydrogen-bond acceptors (Lipinski definition) is 4. The van der Waals surface area contributed by atoms with Gasteiger partial charge in [0.25, 0.3) is 5.91 Å². The summed E-state index contributed by atoms with van der Waals surface area (Å²) in [7, 11) is 0. The van der Waals surface area contributed by atoms with Gasteiger partial charge in [-0.2, -0.15) is 0 Å². The molecule has 0 saturated heterocycles. The maximum absolute atomic E-state index is 12.8. The molecule has 152 valence electrons. The Bertz CT molecular complexity index is 876. The molecule has 1 heterocycles. The van der Waals surface area contributed by atoms with E-state index in [1.807, 2.05) is 75.4 Å². The third kappa shape index (κ3) is 5.67. The summed E-state index contributed by atoms with van der Waals surface area (Å²) in [5, 5.41) is 9.80. The van der Waals surface area contributed by atoms with Crippen molar-refractivity contribution < 1.29 is 14.4 Å². The first-order valence-corrected chi connectivity index (χ1v) is 9.87. The van der Waals surface area contributed by atoms with Gasteiger partial charge in [-0.15, -0.1) is 0 Å². The largest absolute Gasteiger partial charge is 0.382 e. The molecule has 2 atom stereocenters. The van der Waals surface area contributed by atoms with Crippen molar-refractivity contribution in [2.45, 2.75) is 51.8 Å². The number of carbonyl (C=O) groups excluding carboxylic acids is 2. The topological polar surface area (TPSA) is 79.8 Å². The van der Waals surface area contributed by atoms with E-state index >= 15 is 0 Å². The molecule has 0 saturated carbocycles. The van der Waals surface area contributed by atoms with Gasteiger partial charge in [0.05, 0.1) is 5.71 Å². The third-order valence-corrected chi connectivity index (χ3v) is 4.69. The van der Waals surface area contributed by atoms with Gasteiger partial charge in [-0.25, -0.2) is 0 Å². The Labute approximate surface area is 171 Å². The van der Waals surface area contributed by atoms with Gasteiger partial charge in [-0.1, -0.05) is 65.3 Å². The summed E-state index contributed by atoms with van der Waals surface area (Å²) in [5.41, 5.74) is 3.80. The summed E-state index contributed by atoms with van der Waals surface area (Å²) in [4.78, 5) is 30.8. The van der Waals surface area contributed by atoms with Crippen molar-refractivity contribution in [1.82, 2.24) is 10.6 Å². The van der Waals surface area contributed by atoms with Crippen molar-refractivity contribution in [3.63, 3.8) is 0 Å². The molecule has 2 aromatic carbocycles. The van der Waals surface area contributed by atoms with E-state index in [0.717, 1.165) is 22.4 Å². The normalized spacial score (nSPS) is 16.7. The highest BCUT2D eigenvalue weighted by atomic mass is 16.6. The Kier molecular flexibility index (Phi) is 6.65. The van der Waals surface area contributed by atoms with Crippen molar-refractivity contribution in [2.24, 2.45) is 5.16 Å². The lowest BCUT2D eigenvalue weighted by molar-refractivity contribution is -0.135. The molecule has 0 aromatic heterocycles. The molecule has 2 amide bonds. The molecule has 0 bridgehead atoms. The number of aryl methyl sites for hydroxylation is 1. The summed E-state index contributed by atoms with van der Waals surface area (Å²) in [6.07, 6.45) is 0.0406. The van der Waals surface area contributed by atoms with E-state index in [0.29, 0.717) is 12.8 Å². The summed E-state index contributed by atoms with van der Waals surface area (Å²) in [5.74, 6) is -0.550. The van der Waals surface area contributed by atoms with Crippen molar-refractivity contribution in [3.05, 3.63) is 71.3 Å². The summed E-state index contributed by atoms with van der Waals surface area (Å²) in [6.45, 7) is 5.80. The molecule has 0 fully saturated rings. The molecule has 0 radical (unpaired) electrons. The van der Waals surface area contributed by atoms with Crippen molar-refractivity contribution >= 4 is 17.5 Å². The molecule has 0 spiro atoms. The third-order valence-electron chi connectivity index (χ3n) is 4.69. The fourth-order valence-corrected chi connectivity index (χ4v) is 3.14. The average molecular weight is 393 g/mol. The molecule has 2 N–H and O–H groups in total. The van der Waals surface area contributed by atoms with E-state index < -0.39 is 12.1 Å². The molecule has 0 aliphatic carbocycles. The van der Waals surface area contributed by atoms with Gasteiger partial charge in [0.15, 0.2) is 0 Å². The van der Waals surface area contributed by atoms with Gasteiger partial charge in [0.2, 0.25) is 12.0 Å². The van der Waals surface area contributed by atoms with Crippen LogP contribution in [0, 0.1) is 6.92 Å². The van der Waals surface area contributed by atoms with E-state index in [1.54, 1.807) is 0 Å². The summed E-state index contributed by atoms with van der Waals surface area (Å²) in [6, 6.07) is 16.8. The smallest absolute Gasteiger partial charge is 0.265 e. The van der Waals surface area contributed by atoms with Gasteiger partial charge in [0, 0.05) is 18.9 Å². The molecule has 6 heteroatoms. The van der Waals surface area contributed by atoms with Crippen molar-refractivity contribution in [1.29, 1.82) is 0 Å². The van der Waals surface area contributed by atoms with Gasteiger partial charge >= 0.3 is 0 Å². The first kappa shape index (κ1) is 20.6. The minimum Gasteiger partial charge on any atom is -0.382 e. The van der Waals surface area contributed by atoms with Crippen molar-refractivity contribution in [2.75, 3.05) is 0 Å².